The van der Waals surface area contributed by atoms with Crippen LogP contribution in [-0.2, 0) is 11.3 Å². The molecule has 0 aliphatic rings. The molecule has 1 aromatic heterocycles. The molecule has 2 aromatic rings. The Kier molecular flexibility index (Phi) is 6.24. The number of carbonyl (C=O) groups is 2. The van der Waals surface area contributed by atoms with Crippen molar-refractivity contribution in [2.45, 2.75) is 46.1 Å². The summed E-state index contributed by atoms with van der Waals surface area (Å²) in [4.78, 5) is 23.4. The minimum atomic E-state index is -0.0918. The minimum absolute atomic E-state index is 0.0148. The van der Waals surface area contributed by atoms with Crippen molar-refractivity contribution in [3.8, 4) is 0 Å². The maximum absolute atomic E-state index is 12.1. The highest BCUT2D eigenvalue weighted by atomic mass is 16.2. The van der Waals surface area contributed by atoms with E-state index in [0.29, 0.717) is 17.2 Å². The third-order valence-corrected chi connectivity index (χ3v) is 4.28. The Balaban J connectivity index is 1.95. The van der Waals surface area contributed by atoms with E-state index in [0.717, 1.165) is 12.8 Å². The van der Waals surface area contributed by atoms with Crippen LogP contribution in [0.1, 0.15) is 55.5 Å². The first-order valence-corrected chi connectivity index (χ1v) is 8.43. The van der Waals surface area contributed by atoms with Gasteiger partial charge in [-0.15, -0.1) is 0 Å². The lowest BCUT2D eigenvalue weighted by Gasteiger charge is -2.11. The van der Waals surface area contributed by atoms with E-state index in [1.165, 1.54) is 12.5 Å². The molecule has 0 radical (unpaired) electrons. The summed E-state index contributed by atoms with van der Waals surface area (Å²) >= 11 is 0. The zero-order valence-corrected chi connectivity index (χ0v) is 14.6. The molecule has 24 heavy (non-hydrogen) atoms. The molecule has 0 atom stereocenters. The molecule has 1 aromatic carbocycles. The summed E-state index contributed by atoms with van der Waals surface area (Å²) in [6.45, 7) is 6.17. The Hall–Kier alpha value is -2.49. The van der Waals surface area contributed by atoms with Crippen molar-refractivity contribution in [2.75, 3.05) is 5.32 Å². The number of hydrogen-bond donors (Lipinski definition) is 1. The van der Waals surface area contributed by atoms with Gasteiger partial charge in [0, 0.05) is 23.4 Å². The maximum atomic E-state index is 12.1. The number of Topliss-reactive ketones (excluding diaryl/α,β-unsaturated/α-hetero) is 1. The first kappa shape index (κ1) is 17.9. The second kappa shape index (κ2) is 8.39. The van der Waals surface area contributed by atoms with E-state index in [1.807, 2.05) is 17.0 Å². The van der Waals surface area contributed by atoms with Gasteiger partial charge in [0.2, 0.25) is 6.54 Å². The summed E-state index contributed by atoms with van der Waals surface area (Å²) in [6, 6.07) is 11.1. The van der Waals surface area contributed by atoms with Crippen LogP contribution < -0.4 is 9.88 Å². The summed E-state index contributed by atoms with van der Waals surface area (Å²) in [5.41, 5.74) is 2.65. The molecule has 2 rings (SSSR count). The number of ketones is 1. The van der Waals surface area contributed by atoms with Crippen LogP contribution >= 0.6 is 0 Å². The summed E-state index contributed by atoms with van der Waals surface area (Å²) in [7, 11) is 0. The SMILES string of the molecule is CCC(CC)c1cc[n+](CC(=O)Nc2ccc(C(C)=O)cc2)cc1. The van der Waals surface area contributed by atoms with Gasteiger partial charge in [-0.05, 0) is 55.5 Å². The molecule has 0 unspecified atom stereocenters. The smallest absolute Gasteiger partial charge is 0.290 e. The Morgan fingerprint density at radius 1 is 1.00 bits per heavy atom. The molecule has 1 N–H and O–H groups in total. The van der Waals surface area contributed by atoms with Gasteiger partial charge in [0.15, 0.2) is 18.2 Å². The number of rotatable bonds is 7. The van der Waals surface area contributed by atoms with E-state index < -0.39 is 0 Å². The lowest BCUT2D eigenvalue weighted by atomic mass is 9.95. The van der Waals surface area contributed by atoms with Crippen LogP contribution in [0.2, 0.25) is 0 Å². The van der Waals surface area contributed by atoms with E-state index >= 15 is 0 Å². The Morgan fingerprint density at radius 2 is 1.58 bits per heavy atom. The number of anilines is 1. The van der Waals surface area contributed by atoms with Gasteiger partial charge >= 0.3 is 0 Å². The highest BCUT2D eigenvalue weighted by molar-refractivity contribution is 5.95. The number of pyridine rings is 1. The predicted molar refractivity (Wildman–Crippen MR) is 95.0 cm³/mol. The number of benzene rings is 1. The molecule has 0 aliphatic carbocycles. The zero-order valence-electron chi connectivity index (χ0n) is 14.6. The summed E-state index contributed by atoms with van der Waals surface area (Å²) in [6.07, 6.45) is 6.15. The zero-order chi connectivity index (χ0) is 17.5. The van der Waals surface area contributed by atoms with Gasteiger partial charge in [-0.3, -0.25) is 9.59 Å². The fraction of sp³-hybridized carbons (Fsp3) is 0.350. The number of aromatic nitrogens is 1. The third-order valence-electron chi connectivity index (χ3n) is 4.28. The monoisotopic (exact) mass is 325 g/mol. The third kappa shape index (κ3) is 4.75. The average molecular weight is 325 g/mol. The molecule has 4 nitrogen and oxygen atoms in total. The lowest BCUT2D eigenvalue weighted by molar-refractivity contribution is -0.684. The highest BCUT2D eigenvalue weighted by Crippen LogP contribution is 2.21. The van der Waals surface area contributed by atoms with Crippen LogP contribution in [0.25, 0.3) is 0 Å². The van der Waals surface area contributed by atoms with E-state index in [1.54, 1.807) is 24.3 Å². The van der Waals surface area contributed by atoms with Crippen LogP contribution in [0.5, 0.6) is 0 Å². The van der Waals surface area contributed by atoms with Gasteiger partial charge in [-0.25, -0.2) is 0 Å². The number of hydrogen-bond acceptors (Lipinski definition) is 2. The molecule has 0 spiro atoms. The molecule has 126 valence electrons. The fourth-order valence-electron chi connectivity index (χ4n) is 2.76. The Labute approximate surface area is 143 Å². The van der Waals surface area contributed by atoms with Gasteiger partial charge in [-0.2, -0.15) is 4.57 Å². The van der Waals surface area contributed by atoms with Crippen LogP contribution in [0.3, 0.4) is 0 Å². The molecule has 0 saturated heterocycles. The van der Waals surface area contributed by atoms with Crippen molar-refractivity contribution >= 4 is 17.4 Å². The minimum Gasteiger partial charge on any atom is -0.321 e. The summed E-state index contributed by atoms with van der Waals surface area (Å²) < 4.78 is 1.87. The molecule has 0 saturated carbocycles. The van der Waals surface area contributed by atoms with Crippen molar-refractivity contribution in [1.82, 2.24) is 0 Å². The highest BCUT2D eigenvalue weighted by Gasteiger charge is 2.12. The quantitative estimate of drug-likeness (QED) is 0.623. The van der Waals surface area contributed by atoms with Crippen LogP contribution in [-0.4, -0.2) is 11.7 Å². The van der Waals surface area contributed by atoms with E-state index in [2.05, 4.69) is 31.3 Å². The molecule has 4 heteroatoms. The number of amides is 1. The molecule has 0 aliphatic heterocycles. The van der Waals surface area contributed by atoms with Crippen molar-refractivity contribution in [1.29, 1.82) is 0 Å². The van der Waals surface area contributed by atoms with Gasteiger partial charge < -0.3 is 5.32 Å². The van der Waals surface area contributed by atoms with Gasteiger partial charge in [0.25, 0.3) is 5.91 Å². The van der Waals surface area contributed by atoms with E-state index in [9.17, 15) is 9.59 Å². The summed E-state index contributed by atoms with van der Waals surface area (Å²) in [5, 5.41) is 2.85. The fourth-order valence-corrected chi connectivity index (χ4v) is 2.76. The predicted octanol–water partition coefficient (Wildman–Crippen LogP) is 3.72. The van der Waals surface area contributed by atoms with Gasteiger partial charge in [-0.1, -0.05) is 13.8 Å². The molecule has 0 bridgehead atoms. The maximum Gasteiger partial charge on any atom is 0.290 e. The average Bonchev–Trinajstić information content (AvgIpc) is 2.58. The standard InChI is InChI=1S/C20H24N2O2/c1-4-16(5-2)18-10-12-22(13-11-18)14-20(24)21-19-8-6-17(7-9-19)15(3)23/h6-13,16H,4-5,14H2,1-3H3/p+1. The van der Waals surface area contributed by atoms with Crippen LogP contribution in [0.15, 0.2) is 48.8 Å². The largest absolute Gasteiger partial charge is 0.321 e. The van der Waals surface area contributed by atoms with Gasteiger partial charge in [0.1, 0.15) is 0 Å². The molecular weight excluding hydrogens is 300 g/mol. The first-order chi connectivity index (χ1) is 11.5. The Morgan fingerprint density at radius 3 is 2.08 bits per heavy atom. The van der Waals surface area contributed by atoms with Crippen LogP contribution in [0.4, 0.5) is 5.69 Å². The van der Waals surface area contributed by atoms with E-state index in [4.69, 9.17) is 0 Å². The van der Waals surface area contributed by atoms with Crippen molar-refractivity contribution in [2.24, 2.45) is 0 Å². The molecule has 1 amide bonds. The van der Waals surface area contributed by atoms with Crippen LogP contribution in [0, 0.1) is 0 Å². The normalized spacial score (nSPS) is 10.7. The topological polar surface area (TPSA) is 50.0 Å². The second-order valence-electron chi connectivity index (χ2n) is 6.00. The summed E-state index contributed by atoms with van der Waals surface area (Å²) in [5.74, 6) is 0.500. The first-order valence-electron chi connectivity index (χ1n) is 8.43. The van der Waals surface area contributed by atoms with Gasteiger partial charge in [0.05, 0.1) is 0 Å². The van der Waals surface area contributed by atoms with Crippen molar-refractivity contribution in [3.63, 3.8) is 0 Å². The lowest BCUT2D eigenvalue weighted by Crippen LogP contribution is -2.39. The van der Waals surface area contributed by atoms with E-state index in [-0.39, 0.29) is 18.2 Å². The van der Waals surface area contributed by atoms with Crippen molar-refractivity contribution < 1.29 is 14.2 Å². The number of carbonyl (C=O) groups excluding carboxylic acids is 2. The molecule has 0 fully saturated rings. The van der Waals surface area contributed by atoms with Crippen molar-refractivity contribution in [3.05, 3.63) is 59.9 Å². The number of nitrogens with zero attached hydrogens (tertiary/aromatic N) is 1. The second-order valence-corrected chi connectivity index (χ2v) is 6.00. The Bertz CT molecular complexity index is 687. The molecular formula is C20H25N2O2+. The molecule has 1 heterocycles. The number of nitrogens with one attached hydrogen (secondary N) is 1.